The van der Waals surface area contributed by atoms with E-state index in [9.17, 15) is 0 Å². The molecule has 0 atom stereocenters. The highest BCUT2D eigenvalue weighted by Gasteiger charge is 2.06. The first-order valence-electron chi connectivity index (χ1n) is 5.74. The lowest BCUT2D eigenvalue weighted by Gasteiger charge is -2.12. The molecule has 0 radical (unpaired) electrons. The molecule has 2 rings (SSSR count). The van der Waals surface area contributed by atoms with Crippen LogP contribution in [0.25, 0.3) is 0 Å². The average Bonchev–Trinajstić information content (AvgIpc) is 2.38. The van der Waals surface area contributed by atoms with Crippen molar-refractivity contribution < 1.29 is 4.74 Å². The van der Waals surface area contributed by atoms with E-state index < -0.39 is 0 Å². The van der Waals surface area contributed by atoms with Gasteiger partial charge < -0.3 is 4.74 Å². The van der Waals surface area contributed by atoms with E-state index in [2.05, 4.69) is 11.1 Å². The monoisotopic (exact) mass is 238 g/mol. The van der Waals surface area contributed by atoms with Crippen LogP contribution in [0.15, 0.2) is 36.7 Å². The van der Waals surface area contributed by atoms with Gasteiger partial charge in [-0.1, -0.05) is 0 Å². The van der Waals surface area contributed by atoms with Gasteiger partial charge in [-0.15, -0.1) is 0 Å². The van der Waals surface area contributed by atoms with Crippen molar-refractivity contribution in [1.29, 1.82) is 5.26 Å². The lowest BCUT2D eigenvalue weighted by molar-refractivity contribution is 0.302. The molecule has 3 nitrogen and oxygen atoms in total. The van der Waals surface area contributed by atoms with Gasteiger partial charge >= 0.3 is 0 Å². The molecule has 0 unspecified atom stereocenters. The Balaban J connectivity index is 2.18. The van der Waals surface area contributed by atoms with Gasteiger partial charge in [-0.25, -0.2) is 0 Å². The van der Waals surface area contributed by atoms with Crippen LogP contribution in [0.5, 0.6) is 5.75 Å². The van der Waals surface area contributed by atoms with E-state index in [1.807, 2.05) is 38.1 Å². The van der Waals surface area contributed by atoms with Crippen LogP contribution in [0, 0.1) is 25.2 Å². The highest BCUT2D eigenvalue weighted by molar-refractivity contribution is 5.47. The van der Waals surface area contributed by atoms with Crippen LogP contribution >= 0.6 is 0 Å². The van der Waals surface area contributed by atoms with E-state index in [-0.39, 0.29) is 0 Å². The molecule has 18 heavy (non-hydrogen) atoms. The lowest BCUT2D eigenvalue weighted by atomic mass is 10.1. The predicted molar refractivity (Wildman–Crippen MR) is 69.2 cm³/mol. The first-order chi connectivity index (χ1) is 8.70. The zero-order chi connectivity index (χ0) is 13.0. The number of hydrogen-bond donors (Lipinski definition) is 0. The molecule has 0 bridgehead atoms. The molecule has 0 saturated carbocycles. The molecule has 0 amide bonds. The number of ether oxygens (including phenoxy) is 1. The summed E-state index contributed by atoms with van der Waals surface area (Å²) in [6.07, 6.45) is 3.49. The highest BCUT2D eigenvalue weighted by Crippen LogP contribution is 2.25. The Labute approximate surface area is 107 Å². The molecule has 0 saturated heterocycles. The minimum Gasteiger partial charge on any atom is -0.488 e. The maximum Gasteiger partial charge on any atom is 0.125 e. The molecule has 0 N–H and O–H groups in total. The molecule has 1 heterocycles. The third kappa shape index (κ3) is 2.67. The predicted octanol–water partition coefficient (Wildman–Crippen LogP) is 3.15. The van der Waals surface area contributed by atoms with Gasteiger partial charge in [0.1, 0.15) is 12.4 Å². The zero-order valence-corrected chi connectivity index (χ0v) is 10.5. The smallest absolute Gasteiger partial charge is 0.125 e. The second-order valence-corrected chi connectivity index (χ2v) is 4.20. The molecular weight excluding hydrogens is 224 g/mol. The Morgan fingerprint density at radius 1 is 1.17 bits per heavy atom. The molecular formula is C15H14N2O. The van der Waals surface area contributed by atoms with Gasteiger partial charge in [0.25, 0.3) is 0 Å². The first-order valence-corrected chi connectivity index (χ1v) is 5.74. The van der Waals surface area contributed by atoms with Crippen LogP contribution < -0.4 is 4.74 Å². The minimum absolute atomic E-state index is 0.510. The zero-order valence-electron chi connectivity index (χ0n) is 10.5. The second kappa shape index (κ2) is 5.33. The third-order valence-electron chi connectivity index (χ3n) is 2.72. The molecule has 90 valence electrons. The van der Waals surface area contributed by atoms with E-state index in [1.165, 1.54) is 0 Å². The largest absolute Gasteiger partial charge is 0.488 e. The van der Waals surface area contributed by atoms with Crippen molar-refractivity contribution in [2.24, 2.45) is 0 Å². The average molecular weight is 238 g/mol. The summed E-state index contributed by atoms with van der Waals surface area (Å²) >= 11 is 0. The van der Waals surface area contributed by atoms with E-state index in [1.54, 1.807) is 12.4 Å². The Morgan fingerprint density at radius 2 is 1.78 bits per heavy atom. The molecule has 0 aliphatic rings. The fourth-order valence-corrected chi connectivity index (χ4v) is 1.88. The molecule has 0 spiro atoms. The minimum atomic E-state index is 0.510. The van der Waals surface area contributed by atoms with Gasteiger partial charge in [0, 0.05) is 12.4 Å². The SMILES string of the molecule is Cc1cc(C#N)cc(C)c1OCc1ccncc1. The van der Waals surface area contributed by atoms with E-state index in [4.69, 9.17) is 10.00 Å². The van der Waals surface area contributed by atoms with Crippen molar-refractivity contribution in [3.63, 3.8) is 0 Å². The van der Waals surface area contributed by atoms with Gasteiger partial charge in [0.15, 0.2) is 0 Å². The van der Waals surface area contributed by atoms with Crippen molar-refractivity contribution in [2.75, 3.05) is 0 Å². The number of nitriles is 1. The summed E-state index contributed by atoms with van der Waals surface area (Å²) in [5.41, 5.74) is 3.72. The lowest BCUT2D eigenvalue weighted by Crippen LogP contribution is -1.99. The Morgan fingerprint density at radius 3 is 2.33 bits per heavy atom. The molecule has 0 fully saturated rings. The number of aromatic nitrogens is 1. The highest BCUT2D eigenvalue weighted by atomic mass is 16.5. The van der Waals surface area contributed by atoms with Crippen LogP contribution in [0.1, 0.15) is 22.3 Å². The van der Waals surface area contributed by atoms with Gasteiger partial charge in [0.2, 0.25) is 0 Å². The summed E-state index contributed by atoms with van der Waals surface area (Å²) in [7, 11) is 0. The fraction of sp³-hybridized carbons (Fsp3) is 0.200. The Hall–Kier alpha value is -2.34. The van der Waals surface area contributed by atoms with Crippen LogP contribution in [0.2, 0.25) is 0 Å². The van der Waals surface area contributed by atoms with E-state index in [0.29, 0.717) is 12.2 Å². The van der Waals surface area contributed by atoms with Gasteiger partial charge in [-0.05, 0) is 54.8 Å². The molecule has 2 aromatic rings. The van der Waals surface area contributed by atoms with Crippen molar-refractivity contribution in [3.05, 3.63) is 58.9 Å². The van der Waals surface area contributed by atoms with E-state index in [0.717, 1.165) is 22.4 Å². The topological polar surface area (TPSA) is 45.9 Å². The van der Waals surface area contributed by atoms with Gasteiger partial charge in [0.05, 0.1) is 11.6 Å². The summed E-state index contributed by atoms with van der Waals surface area (Å²) < 4.78 is 5.82. The standard InChI is InChI=1S/C15H14N2O/c1-11-7-14(9-16)8-12(2)15(11)18-10-13-3-5-17-6-4-13/h3-8H,10H2,1-2H3. The van der Waals surface area contributed by atoms with Gasteiger partial charge in [-0.2, -0.15) is 5.26 Å². The van der Waals surface area contributed by atoms with E-state index >= 15 is 0 Å². The maximum absolute atomic E-state index is 8.89. The fourth-order valence-electron chi connectivity index (χ4n) is 1.88. The number of pyridine rings is 1. The van der Waals surface area contributed by atoms with Crippen LogP contribution in [0.4, 0.5) is 0 Å². The van der Waals surface area contributed by atoms with Crippen molar-refractivity contribution in [2.45, 2.75) is 20.5 Å². The summed E-state index contributed by atoms with van der Waals surface area (Å²) in [5.74, 6) is 0.853. The summed E-state index contributed by atoms with van der Waals surface area (Å²) in [4.78, 5) is 3.97. The number of rotatable bonds is 3. The number of hydrogen-bond acceptors (Lipinski definition) is 3. The van der Waals surface area contributed by atoms with Crippen molar-refractivity contribution in [3.8, 4) is 11.8 Å². The normalized spacial score (nSPS) is 9.83. The molecule has 1 aromatic heterocycles. The van der Waals surface area contributed by atoms with Crippen LogP contribution in [-0.2, 0) is 6.61 Å². The third-order valence-corrected chi connectivity index (χ3v) is 2.72. The molecule has 1 aromatic carbocycles. The van der Waals surface area contributed by atoms with Crippen molar-refractivity contribution in [1.82, 2.24) is 4.98 Å². The molecule has 0 aliphatic heterocycles. The van der Waals surface area contributed by atoms with Crippen LogP contribution in [-0.4, -0.2) is 4.98 Å². The quantitative estimate of drug-likeness (QED) is 0.825. The van der Waals surface area contributed by atoms with Crippen molar-refractivity contribution >= 4 is 0 Å². The summed E-state index contributed by atoms with van der Waals surface area (Å²) in [6, 6.07) is 9.68. The number of benzene rings is 1. The first kappa shape index (κ1) is 12.1. The summed E-state index contributed by atoms with van der Waals surface area (Å²) in [6.45, 7) is 4.42. The Kier molecular flexibility index (Phi) is 3.59. The summed E-state index contributed by atoms with van der Waals surface area (Å²) in [5, 5.41) is 8.89. The maximum atomic E-state index is 8.89. The van der Waals surface area contributed by atoms with Gasteiger partial charge in [-0.3, -0.25) is 4.98 Å². The Bertz CT molecular complexity index is 562. The molecule has 0 aliphatic carbocycles. The molecule has 3 heteroatoms. The van der Waals surface area contributed by atoms with Crippen LogP contribution in [0.3, 0.4) is 0 Å². The number of nitrogens with zero attached hydrogens (tertiary/aromatic N) is 2. The second-order valence-electron chi connectivity index (χ2n) is 4.20. The number of aryl methyl sites for hydroxylation is 2.